The number of carboxylic acid groups (broad SMARTS) is 2. The van der Waals surface area contributed by atoms with Crippen molar-refractivity contribution in [1.82, 2.24) is 37.2 Å². The zero-order chi connectivity index (χ0) is 81.6. The summed E-state index contributed by atoms with van der Waals surface area (Å²) < 4.78 is 26.1. The minimum absolute atomic E-state index is 0. The second-order valence-electron chi connectivity index (χ2n) is 25.5. The summed E-state index contributed by atoms with van der Waals surface area (Å²) in [6, 6.07) is 24.8. The van der Waals surface area contributed by atoms with Crippen LogP contribution in [0.3, 0.4) is 0 Å². The molecule has 7 amide bonds. The Balaban J connectivity index is -0.000000239. The number of allylic oxidation sites excluding steroid dienone is 3. The van der Waals surface area contributed by atoms with E-state index >= 15 is 0 Å². The van der Waals surface area contributed by atoms with Crippen LogP contribution in [0.2, 0.25) is 0 Å². The topological polar surface area (TPSA) is 464 Å². The summed E-state index contributed by atoms with van der Waals surface area (Å²) in [5, 5.41) is 102. The number of carbonyl (C=O) groups excluding carboxylic acids is 7. The number of aliphatic hydroxyl groups is 3. The zero-order valence-electron chi connectivity index (χ0n) is 63.4. The van der Waals surface area contributed by atoms with E-state index in [2.05, 4.69) is 44.1 Å². The Bertz CT molecular complexity index is 3160. The van der Waals surface area contributed by atoms with Crippen molar-refractivity contribution in [2.75, 3.05) is 52.4 Å². The number of nitrogens with two attached hydrogens (primary N) is 1. The Morgan fingerprint density at radius 3 is 0.927 bits per heavy atom. The molecule has 0 aliphatic carbocycles. The molecule has 28 nitrogen and oxygen atoms in total. The zero-order valence-corrected chi connectivity index (χ0v) is 63.4. The van der Waals surface area contributed by atoms with Crippen molar-refractivity contribution in [2.45, 2.75) is 211 Å². The second-order valence-corrected chi connectivity index (χ2v) is 25.5. The number of ether oxygens (including phenoxy) is 2. The van der Waals surface area contributed by atoms with E-state index in [1.165, 1.54) is 42.5 Å². The van der Waals surface area contributed by atoms with E-state index in [9.17, 15) is 73.8 Å². The number of carbonyl (C=O) groups is 9. The van der Waals surface area contributed by atoms with E-state index < -0.39 is 59.5 Å². The highest BCUT2D eigenvalue weighted by Crippen LogP contribution is 2.19. The summed E-state index contributed by atoms with van der Waals surface area (Å²) in [5.41, 5.74) is 4.85. The van der Waals surface area contributed by atoms with Gasteiger partial charge in [-0.3, -0.25) is 28.8 Å². The number of aromatic carboxylic acids is 1. The second kappa shape index (κ2) is 68.1. The lowest BCUT2D eigenvalue weighted by Gasteiger charge is -2.20. The minimum Gasteiger partial charge on any atom is -0.507 e. The summed E-state index contributed by atoms with van der Waals surface area (Å²) >= 11 is 0. The molecule has 0 saturated heterocycles. The van der Waals surface area contributed by atoms with Crippen molar-refractivity contribution in [3.05, 3.63) is 156 Å². The van der Waals surface area contributed by atoms with Crippen LogP contribution in [-0.4, -0.2) is 181 Å². The predicted octanol–water partition coefficient (Wildman–Crippen LogP) is 12.7. The van der Waals surface area contributed by atoms with Gasteiger partial charge in [-0.05, 0) is 173 Å². The molecule has 0 aliphatic heterocycles. The van der Waals surface area contributed by atoms with Gasteiger partial charge >= 0.3 is 24.1 Å². The number of rotatable bonds is 36. The number of aromatic hydroxyl groups is 4. The molecule has 0 fully saturated rings. The Morgan fingerprint density at radius 2 is 0.664 bits per heavy atom. The molecule has 30 heteroatoms. The van der Waals surface area contributed by atoms with E-state index in [4.69, 9.17) is 39.7 Å². The Labute approximate surface area is 651 Å². The number of benzene rings is 4. The van der Waals surface area contributed by atoms with Crippen molar-refractivity contribution < 1.29 is 109 Å². The van der Waals surface area contributed by atoms with Crippen molar-refractivity contribution >= 4 is 53.7 Å². The number of aliphatic carboxylic acids is 1. The first-order valence-corrected chi connectivity index (χ1v) is 35.3. The van der Waals surface area contributed by atoms with Crippen molar-refractivity contribution in [1.29, 1.82) is 0 Å². The molecule has 0 aliphatic rings. The van der Waals surface area contributed by atoms with Gasteiger partial charge < -0.3 is 98.4 Å². The lowest BCUT2D eigenvalue weighted by Crippen LogP contribution is -2.34. The number of carboxylic acids is 2. The predicted molar refractivity (Wildman–Crippen MR) is 428 cm³/mol. The summed E-state index contributed by atoms with van der Waals surface area (Å²) in [4.78, 5) is 101. The highest BCUT2D eigenvalue weighted by Gasteiger charge is 2.19. The van der Waals surface area contributed by atoms with Crippen LogP contribution >= 0.6 is 0 Å². The molecular formula is C80H132F2N8O20. The van der Waals surface area contributed by atoms with Gasteiger partial charge in [-0.15, -0.1) is 0 Å². The van der Waals surface area contributed by atoms with Gasteiger partial charge in [0.05, 0.1) is 41.4 Å². The van der Waals surface area contributed by atoms with E-state index in [1.54, 1.807) is 102 Å². The molecule has 0 aromatic heterocycles. The summed E-state index contributed by atoms with van der Waals surface area (Å²) in [6.07, 6.45) is 16.3. The molecule has 0 spiro atoms. The first-order chi connectivity index (χ1) is 50.6. The standard InChI is InChI=1S/C19H28N2O3.C18H26N2O4.C17H26N2O5.C10H22N2O3.C7H6O3.C6H10O2.3CH4.F2.H2/c1-3-4-5-10-18(23)20-13-11-15(2)12-14-21-19(24)16-8-6-7-9-17(16)22;1-2-3-4-9-17(23)19-12-10-14(21)11-13-20-18(24)15-7-5-6-8-16(15)22;1-17(2,3)24-16(23)19-11-9-12(20)8-10-18-15(22)13-6-4-5-7-14(13)21;1-10(2,3)15-9(14)12-7-5-8(13)4-6-11;8-6-4-2-1-3-5(6)7(9)10;1-2-3-4-5-6(7)8;;;;1-2;/h4-9,15,22H,3,10-14H2,1-2H3,(H,20,23)(H,21,24);3-8,14,21-22H,2,9-13H2,1H3,(H,19,23)(H,20,24);4-7,12,20-21H,8-11H2,1-3H3,(H,18,22)(H,19,23);8,13H,4-7,11H2,1-3H3,(H,12,14);1-4,8H,(H,9,10);3-4H,2,5H2,1H3,(H,7,8);3*1H4;;1H/b5-4-;4-3-;;;;4-3-;;;;;. The molecule has 0 bridgehead atoms. The van der Waals surface area contributed by atoms with E-state index in [0.29, 0.717) is 96.6 Å². The monoisotopic (exact) mass is 1560 g/mol. The molecule has 4 aromatic carbocycles. The molecule has 4 rings (SSSR count). The average molecular weight is 1560 g/mol. The van der Waals surface area contributed by atoms with Crippen LogP contribution in [-0.2, 0) is 23.9 Å². The molecule has 0 saturated carbocycles. The summed E-state index contributed by atoms with van der Waals surface area (Å²) in [7, 11) is 0. The molecule has 0 heterocycles. The average Bonchev–Trinajstić information content (AvgIpc) is 0.886. The maximum absolute atomic E-state index is 11.9. The fraction of sp³-hybridized carbons (Fsp3) is 0.512. The fourth-order valence-electron chi connectivity index (χ4n) is 8.20. The molecule has 0 radical (unpaired) electrons. The first kappa shape index (κ1) is 111. The fourth-order valence-corrected chi connectivity index (χ4v) is 8.20. The van der Waals surface area contributed by atoms with Gasteiger partial charge in [0.25, 0.3) is 17.7 Å². The van der Waals surface area contributed by atoms with Crippen molar-refractivity contribution in [2.24, 2.45) is 11.7 Å². The largest absolute Gasteiger partial charge is 0.507 e. The van der Waals surface area contributed by atoms with Crippen LogP contribution in [0.5, 0.6) is 23.0 Å². The van der Waals surface area contributed by atoms with Crippen LogP contribution in [0.25, 0.3) is 0 Å². The number of hydrogen-bond donors (Lipinski definition) is 17. The molecule has 18 N–H and O–H groups in total. The van der Waals surface area contributed by atoms with Gasteiger partial charge in [0, 0.05) is 69.2 Å². The Morgan fingerprint density at radius 1 is 0.409 bits per heavy atom. The van der Waals surface area contributed by atoms with Crippen molar-refractivity contribution in [3.8, 4) is 23.0 Å². The van der Waals surface area contributed by atoms with Gasteiger partial charge in [0.2, 0.25) is 11.8 Å². The Kier molecular flexibility index (Phi) is 68.6. The SMILES string of the molecule is C.C.C.CC(C)(C)OC(=O)NCCC(O)CCN.CC(C)(C)OC(=O)NCCC(O)CCNC(=O)c1ccccc1O.CC/C=C\CC(=O)NCCC(C)CCNC(=O)c1ccccc1O.CC/C=C\CC(=O)NCCC(O)CCNC(=O)c1ccccc1O.CC/C=C\CC(=O)O.FF.O=C(O)c1ccccc1O.[HH]. The maximum atomic E-state index is 11.9. The highest BCUT2D eigenvalue weighted by atomic mass is 20.0. The van der Waals surface area contributed by atoms with Gasteiger partial charge in [0.1, 0.15) is 39.8 Å². The number of alkyl carbamates (subject to hydrolysis) is 2. The first-order valence-electron chi connectivity index (χ1n) is 35.3. The minimum atomic E-state index is -1.11. The number of amides is 7. The van der Waals surface area contributed by atoms with E-state index in [-0.39, 0.29) is 112 Å². The number of hydrogen-bond acceptors (Lipinski definition) is 19. The van der Waals surface area contributed by atoms with Crippen LogP contribution in [0, 0.1) is 5.92 Å². The smallest absolute Gasteiger partial charge is 0.407 e. The van der Waals surface area contributed by atoms with Crippen LogP contribution in [0.1, 0.15) is 224 Å². The van der Waals surface area contributed by atoms with Crippen LogP contribution in [0.15, 0.2) is 134 Å². The third-order valence-corrected chi connectivity index (χ3v) is 13.7. The van der Waals surface area contributed by atoms with Gasteiger partial charge in [-0.25, -0.2) is 14.4 Å². The molecule has 4 atom stereocenters. The van der Waals surface area contributed by atoms with Crippen LogP contribution in [0.4, 0.5) is 18.7 Å². The third-order valence-electron chi connectivity index (χ3n) is 13.7. The number of phenols is 4. The number of aliphatic hydroxyl groups excluding tert-OH is 3. The lowest BCUT2D eigenvalue weighted by molar-refractivity contribution is -0.136. The molecule has 4 aromatic rings. The normalized spacial score (nSPS) is 11.4. The number of para-hydroxylation sites is 4. The highest BCUT2D eigenvalue weighted by molar-refractivity contribution is 5.98. The van der Waals surface area contributed by atoms with Crippen LogP contribution < -0.4 is 43.0 Å². The van der Waals surface area contributed by atoms with Gasteiger partial charge in [-0.2, -0.15) is 0 Å². The maximum Gasteiger partial charge on any atom is 0.407 e. The number of halogens is 2. The number of phenolic OH excluding ortho intramolecular Hbond substituents is 3. The molecular weight excluding hydrogens is 1430 g/mol. The summed E-state index contributed by atoms with van der Waals surface area (Å²) in [5.74, 6) is -2.93. The van der Waals surface area contributed by atoms with Crippen molar-refractivity contribution in [3.63, 3.8) is 0 Å². The van der Waals surface area contributed by atoms with E-state index in [1.807, 2.05) is 51.2 Å². The molecule has 626 valence electrons. The number of nitrogens with one attached hydrogen (secondary N) is 7. The third kappa shape index (κ3) is 63.9. The summed E-state index contributed by atoms with van der Waals surface area (Å²) in [6.45, 7) is 22.1. The Hall–Kier alpha value is -10.2. The van der Waals surface area contributed by atoms with Gasteiger partial charge in [0.15, 0.2) is 0 Å². The quantitative estimate of drug-likeness (QED) is 0.0188. The lowest BCUT2D eigenvalue weighted by atomic mass is 10.0. The van der Waals surface area contributed by atoms with Gasteiger partial charge in [-0.1, -0.05) is 135 Å². The van der Waals surface area contributed by atoms with E-state index in [0.717, 1.165) is 32.1 Å². The molecule has 110 heavy (non-hydrogen) atoms. The molecule has 4 unspecified atom stereocenters.